The summed E-state index contributed by atoms with van der Waals surface area (Å²) in [7, 11) is 0. The lowest BCUT2D eigenvalue weighted by Gasteiger charge is -2.46. The molecule has 1 aromatic carbocycles. The maximum Gasteiger partial charge on any atom is 0.161 e. The Morgan fingerprint density at radius 3 is 2.71 bits per heavy atom. The second kappa shape index (κ2) is 8.84. The van der Waals surface area contributed by atoms with Gasteiger partial charge < -0.3 is 9.98 Å². The third kappa shape index (κ3) is 3.88. The number of aromatic nitrogens is 4. The first-order valence-electron chi connectivity index (χ1n) is 11.6. The molecule has 0 saturated carbocycles. The van der Waals surface area contributed by atoms with Crippen LogP contribution in [0.15, 0.2) is 53.5 Å². The quantitative estimate of drug-likeness (QED) is 0.411. The van der Waals surface area contributed by atoms with Crippen LogP contribution in [0.25, 0.3) is 16.7 Å². The highest BCUT2D eigenvalue weighted by Gasteiger charge is 2.41. The molecule has 0 radical (unpaired) electrons. The lowest BCUT2D eigenvalue weighted by atomic mass is 9.87. The van der Waals surface area contributed by atoms with Crippen LogP contribution < -0.4 is 0 Å². The topological polar surface area (TPSA) is 98.4 Å². The molecule has 1 aliphatic heterocycles. The number of rotatable bonds is 8. The Bertz CT molecular complexity index is 1410. The summed E-state index contributed by atoms with van der Waals surface area (Å²) in [5.41, 5.74) is 5.02. The highest BCUT2D eigenvalue weighted by atomic mass is 15.3. The zero-order chi connectivity index (χ0) is 23.7. The maximum atomic E-state index is 9.26. The molecule has 8 nitrogen and oxygen atoms in total. The van der Waals surface area contributed by atoms with Crippen LogP contribution in [-0.2, 0) is 6.54 Å². The molecule has 0 spiro atoms. The molecule has 8 heteroatoms. The Kier molecular flexibility index (Phi) is 5.72. The maximum absolute atomic E-state index is 9.26. The molecule has 5 rings (SSSR count). The lowest BCUT2D eigenvalue weighted by molar-refractivity contribution is 0.0823. The van der Waals surface area contributed by atoms with Crippen molar-refractivity contribution in [2.75, 3.05) is 19.6 Å². The van der Waals surface area contributed by atoms with Gasteiger partial charge >= 0.3 is 0 Å². The Hall–Kier alpha value is -3.83. The summed E-state index contributed by atoms with van der Waals surface area (Å²) in [5.74, 6) is 0.820. The Labute approximate surface area is 198 Å². The van der Waals surface area contributed by atoms with E-state index in [4.69, 9.17) is 10.4 Å². The highest BCUT2D eigenvalue weighted by molar-refractivity contribution is 6.07. The molecule has 172 valence electrons. The van der Waals surface area contributed by atoms with Gasteiger partial charge in [-0.1, -0.05) is 37.3 Å². The van der Waals surface area contributed by atoms with Gasteiger partial charge in [0, 0.05) is 32.3 Å². The first-order valence-corrected chi connectivity index (χ1v) is 11.6. The van der Waals surface area contributed by atoms with Crippen LogP contribution in [0, 0.1) is 23.7 Å². The predicted octanol–water partition coefficient (Wildman–Crippen LogP) is 3.86. The van der Waals surface area contributed by atoms with Gasteiger partial charge in [0.15, 0.2) is 5.65 Å². The summed E-state index contributed by atoms with van der Waals surface area (Å²) >= 11 is 0. The van der Waals surface area contributed by atoms with E-state index in [1.807, 2.05) is 41.8 Å². The molecule has 4 aromatic rings. The van der Waals surface area contributed by atoms with Gasteiger partial charge in [-0.25, -0.2) is 0 Å². The first kappa shape index (κ1) is 22.0. The van der Waals surface area contributed by atoms with E-state index in [9.17, 15) is 5.26 Å². The number of hydrogen-bond acceptors (Lipinski definition) is 6. The minimum atomic E-state index is -0.326. The molecule has 3 aromatic heterocycles. The SMILES string of the molecule is CCN1CC(CC#N)(N=CCC(=N)c2cc3c(ccc4nnc(C)n43)n2Cc2ccccc2)C1. The highest BCUT2D eigenvalue weighted by Crippen LogP contribution is 2.28. The van der Waals surface area contributed by atoms with E-state index in [2.05, 4.69) is 56.9 Å². The Morgan fingerprint density at radius 1 is 1.18 bits per heavy atom. The number of likely N-dealkylation sites (N-methyl/N-ethyl adjacent to an activating group) is 1. The fourth-order valence-corrected chi connectivity index (χ4v) is 4.86. The number of aryl methyl sites for hydroxylation is 1. The third-order valence-electron chi connectivity index (χ3n) is 6.64. The van der Waals surface area contributed by atoms with Crippen LogP contribution in [0.2, 0.25) is 0 Å². The van der Waals surface area contributed by atoms with Crippen molar-refractivity contribution in [1.82, 2.24) is 24.1 Å². The molecule has 1 N–H and O–H groups in total. The number of nitriles is 1. The molecular weight excluding hydrogens is 424 g/mol. The average Bonchev–Trinajstić information content (AvgIpc) is 3.38. The van der Waals surface area contributed by atoms with Crippen LogP contribution >= 0.6 is 0 Å². The van der Waals surface area contributed by atoms with Gasteiger partial charge in [-0.05, 0) is 37.2 Å². The van der Waals surface area contributed by atoms with Crippen molar-refractivity contribution in [3.63, 3.8) is 0 Å². The summed E-state index contributed by atoms with van der Waals surface area (Å²) in [6, 6.07) is 18.7. The smallest absolute Gasteiger partial charge is 0.161 e. The number of fused-ring (bicyclic) bond motifs is 3. The fraction of sp³-hybridized carbons (Fsp3) is 0.346. The summed E-state index contributed by atoms with van der Waals surface area (Å²) < 4.78 is 4.23. The van der Waals surface area contributed by atoms with E-state index < -0.39 is 0 Å². The van der Waals surface area contributed by atoms with E-state index in [0.717, 1.165) is 47.8 Å². The van der Waals surface area contributed by atoms with Gasteiger partial charge in [0.2, 0.25) is 0 Å². The third-order valence-corrected chi connectivity index (χ3v) is 6.64. The van der Waals surface area contributed by atoms with E-state index >= 15 is 0 Å². The minimum Gasteiger partial charge on any atom is -0.334 e. The number of nitrogens with zero attached hydrogens (tertiary/aromatic N) is 7. The van der Waals surface area contributed by atoms with E-state index in [-0.39, 0.29) is 5.54 Å². The second-order valence-corrected chi connectivity index (χ2v) is 9.00. The molecule has 1 aliphatic rings. The van der Waals surface area contributed by atoms with Gasteiger partial charge in [0.25, 0.3) is 0 Å². The predicted molar refractivity (Wildman–Crippen MR) is 134 cm³/mol. The van der Waals surface area contributed by atoms with Crippen molar-refractivity contribution >= 4 is 28.6 Å². The summed E-state index contributed by atoms with van der Waals surface area (Å²) in [6.07, 6.45) is 2.65. The zero-order valence-corrected chi connectivity index (χ0v) is 19.6. The summed E-state index contributed by atoms with van der Waals surface area (Å²) in [4.78, 5) is 7.06. The van der Waals surface area contributed by atoms with Crippen LogP contribution in [0.3, 0.4) is 0 Å². The van der Waals surface area contributed by atoms with Gasteiger partial charge in [-0.15, -0.1) is 10.2 Å². The van der Waals surface area contributed by atoms with Gasteiger partial charge in [-0.2, -0.15) is 5.26 Å². The lowest BCUT2D eigenvalue weighted by Crippen LogP contribution is -2.60. The van der Waals surface area contributed by atoms with Crippen molar-refractivity contribution in [2.24, 2.45) is 4.99 Å². The van der Waals surface area contributed by atoms with Crippen molar-refractivity contribution in [2.45, 2.75) is 38.8 Å². The molecule has 1 saturated heterocycles. The van der Waals surface area contributed by atoms with Gasteiger partial charge in [0.1, 0.15) is 5.82 Å². The number of nitrogens with one attached hydrogen (secondary N) is 1. The Balaban J connectivity index is 1.49. The fourth-order valence-electron chi connectivity index (χ4n) is 4.86. The minimum absolute atomic E-state index is 0.326. The monoisotopic (exact) mass is 452 g/mol. The molecule has 0 aliphatic carbocycles. The molecule has 0 unspecified atom stereocenters. The normalized spacial score (nSPS) is 15.7. The van der Waals surface area contributed by atoms with Crippen molar-refractivity contribution in [3.8, 4) is 6.07 Å². The number of benzene rings is 1. The molecule has 0 bridgehead atoms. The molecule has 0 amide bonds. The molecule has 4 heterocycles. The van der Waals surface area contributed by atoms with Crippen molar-refractivity contribution in [1.29, 1.82) is 10.7 Å². The number of likely N-dealkylation sites (tertiary alicyclic amines) is 1. The summed E-state index contributed by atoms with van der Waals surface area (Å²) in [5, 5.41) is 26.7. The first-order chi connectivity index (χ1) is 16.5. The molecule has 34 heavy (non-hydrogen) atoms. The molecule has 0 atom stereocenters. The van der Waals surface area contributed by atoms with Gasteiger partial charge in [-0.3, -0.25) is 14.3 Å². The average molecular weight is 453 g/mol. The zero-order valence-electron chi connectivity index (χ0n) is 19.6. The van der Waals surface area contributed by atoms with Crippen LogP contribution in [-0.4, -0.2) is 61.2 Å². The van der Waals surface area contributed by atoms with Gasteiger partial charge in [0.05, 0.1) is 40.5 Å². The summed E-state index contributed by atoms with van der Waals surface area (Å²) in [6.45, 7) is 7.30. The van der Waals surface area contributed by atoms with Crippen molar-refractivity contribution < 1.29 is 0 Å². The van der Waals surface area contributed by atoms with E-state index in [0.29, 0.717) is 25.1 Å². The number of hydrogen-bond donors (Lipinski definition) is 1. The Morgan fingerprint density at radius 2 is 1.97 bits per heavy atom. The van der Waals surface area contributed by atoms with Crippen molar-refractivity contribution in [3.05, 3.63) is 65.6 Å². The van der Waals surface area contributed by atoms with Crippen LogP contribution in [0.4, 0.5) is 0 Å². The van der Waals surface area contributed by atoms with Crippen LogP contribution in [0.5, 0.6) is 0 Å². The van der Waals surface area contributed by atoms with Crippen LogP contribution in [0.1, 0.15) is 36.8 Å². The number of aliphatic imine (C=N–C) groups is 1. The second-order valence-electron chi connectivity index (χ2n) is 9.00. The van der Waals surface area contributed by atoms with E-state index in [1.165, 1.54) is 5.56 Å². The molecule has 1 fully saturated rings. The van der Waals surface area contributed by atoms with E-state index in [1.54, 1.807) is 0 Å². The molecular formula is C26H28N8. The largest absolute Gasteiger partial charge is 0.334 e. The standard InChI is InChI=1S/C26H28N8/c1-3-32-17-26(18-32,12-13-27)29-14-11-21(28)23-15-24-22(9-10-25-31-30-19(2)34(24)25)33(23)16-20-7-5-4-6-8-20/h4-10,14-15,28H,3,11-12,16-18H2,1-2H3. The number of pyridine rings is 1.